The molecule has 0 amide bonds. The number of hydrogen-bond acceptors (Lipinski definition) is 2. The van der Waals surface area contributed by atoms with E-state index < -0.39 is 0 Å². The molecule has 100 valence electrons. The minimum absolute atomic E-state index is 0.671. The van der Waals surface area contributed by atoms with Gasteiger partial charge in [0.2, 0.25) is 0 Å². The van der Waals surface area contributed by atoms with Crippen LogP contribution in [0.5, 0.6) is 11.5 Å². The molecule has 19 heavy (non-hydrogen) atoms. The Bertz CT molecular complexity index is 586. The molecule has 0 saturated carbocycles. The predicted molar refractivity (Wildman–Crippen MR) is 83.2 cm³/mol. The van der Waals surface area contributed by atoms with Gasteiger partial charge in [-0.25, -0.2) is 0 Å². The van der Waals surface area contributed by atoms with Crippen molar-refractivity contribution in [3.05, 3.63) is 57.0 Å². The second kappa shape index (κ2) is 6.42. The Balaban J connectivity index is 2.35. The highest BCUT2D eigenvalue weighted by molar-refractivity contribution is 9.10. The van der Waals surface area contributed by atoms with Crippen molar-refractivity contribution >= 4 is 27.5 Å². The highest BCUT2D eigenvalue weighted by atomic mass is 79.9. The summed E-state index contributed by atoms with van der Waals surface area (Å²) in [5.41, 5.74) is 2.04. The number of hydrogen-bond donors (Lipinski definition) is 1. The van der Waals surface area contributed by atoms with Crippen molar-refractivity contribution in [2.45, 2.75) is 13.5 Å². The molecule has 0 spiro atoms. The summed E-state index contributed by atoms with van der Waals surface area (Å²) in [6.45, 7) is 2.69. The van der Waals surface area contributed by atoms with Gasteiger partial charge in [-0.3, -0.25) is 0 Å². The predicted octanol–water partition coefficient (Wildman–Crippen LogP) is 4.92. The summed E-state index contributed by atoms with van der Waals surface area (Å²) >= 11 is 9.66. The number of rotatable bonds is 4. The minimum Gasteiger partial charge on any atom is -0.457 e. The molecule has 4 heteroatoms. The van der Waals surface area contributed by atoms with Gasteiger partial charge in [0.15, 0.2) is 0 Å². The van der Waals surface area contributed by atoms with Crippen molar-refractivity contribution < 1.29 is 4.74 Å². The number of halogens is 2. The van der Waals surface area contributed by atoms with Crippen LogP contribution in [-0.2, 0) is 6.54 Å². The van der Waals surface area contributed by atoms with Crippen molar-refractivity contribution in [2.75, 3.05) is 7.05 Å². The van der Waals surface area contributed by atoms with Crippen molar-refractivity contribution in [1.29, 1.82) is 0 Å². The number of benzene rings is 2. The average Bonchev–Trinajstić information content (AvgIpc) is 2.37. The Morgan fingerprint density at radius 2 is 2.00 bits per heavy atom. The van der Waals surface area contributed by atoms with Gasteiger partial charge in [-0.05, 0) is 49.9 Å². The summed E-state index contributed by atoms with van der Waals surface area (Å²) in [4.78, 5) is 0. The Kier molecular flexibility index (Phi) is 4.86. The van der Waals surface area contributed by atoms with Gasteiger partial charge >= 0.3 is 0 Å². The Morgan fingerprint density at radius 1 is 1.21 bits per heavy atom. The van der Waals surface area contributed by atoms with Crippen LogP contribution >= 0.6 is 27.5 Å². The van der Waals surface area contributed by atoms with E-state index in [1.807, 2.05) is 50.4 Å². The second-order valence-electron chi connectivity index (χ2n) is 4.26. The van der Waals surface area contributed by atoms with E-state index in [4.69, 9.17) is 16.3 Å². The van der Waals surface area contributed by atoms with E-state index in [1.54, 1.807) is 0 Å². The van der Waals surface area contributed by atoms with Gasteiger partial charge < -0.3 is 10.1 Å². The van der Waals surface area contributed by atoms with Crippen LogP contribution in [0.1, 0.15) is 11.1 Å². The third-order valence-electron chi connectivity index (χ3n) is 2.79. The lowest BCUT2D eigenvalue weighted by molar-refractivity contribution is 0.470. The van der Waals surface area contributed by atoms with Gasteiger partial charge in [-0.1, -0.05) is 33.6 Å². The van der Waals surface area contributed by atoms with Crippen LogP contribution in [0.15, 0.2) is 40.9 Å². The average molecular weight is 341 g/mol. The maximum atomic E-state index is 6.21. The van der Waals surface area contributed by atoms with E-state index >= 15 is 0 Å². The van der Waals surface area contributed by atoms with Gasteiger partial charge in [-0.2, -0.15) is 0 Å². The molecule has 0 aromatic heterocycles. The molecule has 1 N–H and O–H groups in total. The van der Waals surface area contributed by atoms with Crippen LogP contribution in [-0.4, -0.2) is 7.05 Å². The van der Waals surface area contributed by atoms with E-state index in [1.165, 1.54) is 0 Å². The first kappa shape index (κ1) is 14.4. The number of nitrogens with one attached hydrogen (secondary N) is 1. The van der Waals surface area contributed by atoms with Crippen molar-refractivity contribution in [3.63, 3.8) is 0 Å². The molecule has 0 fully saturated rings. The largest absolute Gasteiger partial charge is 0.457 e. The quantitative estimate of drug-likeness (QED) is 0.852. The fraction of sp³-hybridized carbons (Fsp3) is 0.200. The van der Waals surface area contributed by atoms with Crippen molar-refractivity contribution in [3.8, 4) is 11.5 Å². The van der Waals surface area contributed by atoms with E-state index in [9.17, 15) is 0 Å². The molecule has 0 heterocycles. The highest BCUT2D eigenvalue weighted by Crippen LogP contribution is 2.32. The lowest BCUT2D eigenvalue weighted by Crippen LogP contribution is -2.07. The van der Waals surface area contributed by atoms with Crippen LogP contribution in [0.25, 0.3) is 0 Å². The monoisotopic (exact) mass is 339 g/mol. The lowest BCUT2D eigenvalue weighted by Gasteiger charge is -2.14. The first-order chi connectivity index (χ1) is 9.11. The van der Waals surface area contributed by atoms with Crippen molar-refractivity contribution in [2.24, 2.45) is 0 Å². The van der Waals surface area contributed by atoms with Crippen LogP contribution in [0.3, 0.4) is 0 Å². The summed E-state index contributed by atoms with van der Waals surface area (Å²) in [5, 5.41) is 3.81. The maximum absolute atomic E-state index is 6.21. The Hall–Kier alpha value is -1.03. The summed E-state index contributed by atoms with van der Waals surface area (Å²) in [7, 11) is 1.89. The molecular weight excluding hydrogens is 326 g/mol. The first-order valence-electron chi connectivity index (χ1n) is 5.98. The molecule has 0 unspecified atom stereocenters. The van der Waals surface area contributed by atoms with Crippen LogP contribution in [0.2, 0.25) is 5.02 Å². The van der Waals surface area contributed by atoms with Gasteiger partial charge in [-0.15, -0.1) is 0 Å². The number of ether oxygens (including phenoxy) is 1. The van der Waals surface area contributed by atoms with E-state index in [0.29, 0.717) is 11.6 Å². The normalized spacial score (nSPS) is 10.5. The zero-order valence-corrected chi connectivity index (χ0v) is 13.2. The summed E-state index contributed by atoms with van der Waals surface area (Å²) in [5.74, 6) is 1.62. The summed E-state index contributed by atoms with van der Waals surface area (Å²) in [6.07, 6.45) is 0. The lowest BCUT2D eigenvalue weighted by atomic mass is 10.2. The van der Waals surface area contributed by atoms with Gasteiger partial charge in [0.25, 0.3) is 0 Å². The third kappa shape index (κ3) is 3.50. The van der Waals surface area contributed by atoms with Gasteiger partial charge in [0.1, 0.15) is 11.5 Å². The topological polar surface area (TPSA) is 21.3 Å². The molecule has 2 nitrogen and oxygen atoms in total. The second-order valence-corrected chi connectivity index (χ2v) is 5.58. The summed E-state index contributed by atoms with van der Waals surface area (Å²) < 4.78 is 7.02. The molecule has 0 atom stereocenters. The van der Waals surface area contributed by atoms with Crippen LogP contribution < -0.4 is 10.1 Å². The standard InChI is InChI=1S/C15H15BrClNO/c1-10-8-11(16)6-7-14(10)19-15-5-3-4-13(17)12(15)9-18-2/h3-8,18H,9H2,1-2H3. The fourth-order valence-electron chi connectivity index (χ4n) is 1.83. The Labute approximate surface area is 126 Å². The van der Waals surface area contributed by atoms with E-state index in [2.05, 4.69) is 21.2 Å². The number of aryl methyl sites for hydroxylation is 1. The Morgan fingerprint density at radius 3 is 2.68 bits per heavy atom. The van der Waals surface area contributed by atoms with E-state index in [-0.39, 0.29) is 0 Å². The molecule has 0 radical (unpaired) electrons. The molecule has 2 aromatic carbocycles. The smallest absolute Gasteiger partial charge is 0.133 e. The molecular formula is C15H15BrClNO. The third-order valence-corrected chi connectivity index (χ3v) is 3.63. The molecule has 0 saturated heterocycles. The SMILES string of the molecule is CNCc1c(Cl)cccc1Oc1ccc(Br)cc1C. The van der Waals surface area contributed by atoms with Gasteiger partial charge in [0.05, 0.1) is 0 Å². The van der Waals surface area contributed by atoms with Crippen LogP contribution in [0.4, 0.5) is 0 Å². The van der Waals surface area contributed by atoms with E-state index in [0.717, 1.165) is 27.1 Å². The molecule has 0 aliphatic heterocycles. The maximum Gasteiger partial charge on any atom is 0.133 e. The zero-order chi connectivity index (χ0) is 13.8. The fourth-order valence-corrected chi connectivity index (χ4v) is 2.54. The molecule has 0 bridgehead atoms. The first-order valence-corrected chi connectivity index (χ1v) is 7.15. The molecule has 0 aliphatic carbocycles. The van der Waals surface area contributed by atoms with Crippen molar-refractivity contribution in [1.82, 2.24) is 5.32 Å². The molecule has 2 aromatic rings. The minimum atomic E-state index is 0.671. The zero-order valence-electron chi connectivity index (χ0n) is 10.8. The van der Waals surface area contributed by atoms with Crippen LogP contribution in [0, 0.1) is 6.92 Å². The summed E-state index contributed by atoms with van der Waals surface area (Å²) in [6, 6.07) is 11.6. The molecule has 2 rings (SSSR count). The van der Waals surface area contributed by atoms with Gasteiger partial charge in [0, 0.05) is 21.6 Å². The highest BCUT2D eigenvalue weighted by Gasteiger charge is 2.09. The molecule has 0 aliphatic rings.